The van der Waals surface area contributed by atoms with E-state index in [0.29, 0.717) is 25.7 Å². The quantitative estimate of drug-likeness (QED) is 0.657. The number of aliphatic hydroxyl groups excluding tert-OH is 1. The normalized spacial score (nSPS) is 50.7. The first-order valence-electron chi connectivity index (χ1n) is 11.8. The number of rotatable bonds is 2. The van der Waals surface area contributed by atoms with E-state index in [-0.39, 0.29) is 24.0 Å². The summed E-state index contributed by atoms with van der Waals surface area (Å²) < 4.78 is 23.7. The summed E-state index contributed by atoms with van der Waals surface area (Å²) in [5.74, 6) is -2.12. The van der Waals surface area contributed by atoms with Gasteiger partial charge in [0.2, 0.25) is 5.78 Å². The third-order valence-electron chi connectivity index (χ3n) is 9.83. The first kappa shape index (κ1) is 22.1. The number of hydrogen-bond acceptors (Lipinski definition) is 5. The predicted octanol–water partition coefficient (Wildman–Crippen LogP) is 3.68. The molecule has 5 aliphatic rings. The average Bonchev–Trinajstić information content (AvgIpc) is 3.09. The highest BCUT2D eigenvalue weighted by Crippen LogP contribution is 2.74. The van der Waals surface area contributed by atoms with Crippen LogP contribution in [-0.4, -0.2) is 45.4 Å². The number of alkyl halides is 1. The van der Waals surface area contributed by atoms with Crippen LogP contribution >= 0.6 is 0 Å². The van der Waals surface area contributed by atoms with Gasteiger partial charge in [-0.3, -0.25) is 14.4 Å². The zero-order valence-electron chi connectivity index (χ0n) is 19.5. The maximum Gasteiger partial charge on any atom is 0.230 e. The molecule has 4 fully saturated rings. The van der Waals surface area contributed by atoms with Crippen molar-refractivity contribution in [1.82, 2.24) is 0 Å². The molecule has 0 aromatic heterocycles. The molecule has 0 spiro atoms. The molecule has 0 bridgehead atoms. The highest BCUT2D eigenvalue weighted by atomic mass is 19.1. The van der Waals surface area contributed by atoms with Gasteiger partial charge in [0.1, 0.15) is 5.60 Å². The summed E-state index contributed by atoms with van der Waals surface area (Å²) in [6.07, 6.45) is 5.55. The van der Waals surface area contributed by atoms with E-state index in [0.717, 1.165) is 5.57 Å². The van der Waals surface area contributed by atoms with Gasteiger partial charge in [0.05, 0.1) is 11.7 Å². The Bertz CT molecular complexity index is 996. The Labute approximate surface area is 188 Å². The Morgan fingerprint density at radius 3 is 2.50 bits per heavy atom. The molecule has 3 saturated carbocycles. The molecule has 5 rings (SSSR count). The number of carbonyl (C=O) groups is 3. The Balaban J connectivity index is 1.65. The Morgan fingerprint density at radius 1 is 1.16 bits per heavy atom. The van der Waals surface area contributed by atoms with Crippen molar-refractivity contribution in [2.45, 2.75) is 89.7 Å². The lowest BCUT2D eigenvalue weighted by molar-refractivity contribution is -0.232. The Kier molecular flexibility index (Phi) is 4.33. The molecule has 174 valence electrons. The van der Waals surface area contributed by atoms with Gasteiger partial charge in [0.25, 0.3) is 0 Å². The van der Waals surface area contributed by atoms with Gasteiger partial charge in [-0.15, -0.1) is 0 Å². The number of ketones is 3. The van der Waals surface area contributed by atoms with Gasteiger partial charge in [-0.05, 0) is 76.9 Å². The topological polar surface area (TPSA) is 80.7 Å². The van der Waals surface area contributed by atoms with E-state index in [4.69, 9.17) is 4.74 Å². The molecule has 0 aromatic carbocycles. The van der Waals surface area contributed by atoms with Crippen LogP contribution in [0, 0.1) is 28.6 Å². The van der Waals surface area contributed by atoms with E-state index in [9.17, 15) is 19.5 Å². The smallest absolute Gasteiger partial charge is 0.230 e. The molecule has 6 heteroatoms. The molecular formula is C26H33FO5. The molecule has 0 radical (unpaired) electrons. The number of halogens is 1. The molecule has 4 aliphatic carbocycles. The summed E-state index contributed by atoms with van der Waals surface area (Å²) in [6, 6.07) is 0. The summed E-state index contributed by atoms with van der Waals surface area (Å²) in [4.78, 5) is 37.8. The molecule has 1 heterocycles. The second-order valence-corrected chi connectivity index (χ2v) is 11.9. The van der Waals surface area contributed by atoms with Crippen molar-refractivity contribution < 1.29 is 28.6 Å². The Hall–Kier alpha value is -1.66. The van der Waals surface area contributed by atoms with E-state index in [2.05, 4.69) is 0 Å². The molecule has 32 heavy (non-hydrogen) atoms. The molecule has 8 atom stereocenters. The second-order valence-electron chi connectivity index (χ2n) is 11.9. The van der Waals surface area contributed by atoms with Crippen LogP contribution in [0.25, 0.3) is 0 Å². The van der Waals surface area contributed by atoms with Crippen molar-refractivity contribution in [3.63, 3.8) is 0 Å². The largest absolute Gasteiger partial charge is 0.390 e. The zero-order chi connectivity index (χ0) is 23.5. The van der Waals surface area contributed by atoms with Crippen molar-refractivity contribution in [3.05, 3.63) is 23.8 Å². The number of ether oxygens (including phenoxy) is 1. The summed E-state index contributed by atoms with van der Waals surface area (Å²) in [6.45, 7) is 8.85. The lowest BCUT2D eigenvalue weighted by Gasteiger charge is -2.63. The van der Waals surface area contributed by atoms with Gasteiger partial charge in [-0.25, -0.2) is 4.39 Å². The second kappa shape index (κ2) is 6.26. The summed E-state index contributed by atoms with van der Waals surface area (Å²) in [5, 5.41) is 11.5. The number of fused-ring (bicyclic) bond motifs is 7. The first-order chi connectivity index (χ1) is 14.7. The van der Waals surface area contributed by atoms with Crippen LogP contribution in [0.4, 0.5) is 4.39 Å². The van der Waals surface area contributed by atoms with E-state index in [1.165, 1.54) is 19.1 Å². The summed E-state index contributed by atoms with van der Waals surface area (Å²) >= 11 is 0. The number of carbonyl (C=O) groups excluding carboxylic acids is 3. The van der Waals surface area contributed by atoms with E-state index in [1.54, 1.807) is 13.0 Å². The predicted molar refractivity (Wildman–Crippen MR) is 115 cm³/mol. The lowest BCUT2D eigenvalue weighted by atomic mass is 9.44. The highest BCUT2D eigenvalue weighted by molar-refractivity contribution is 6.39. The Morgan fingerprint density at radius 2 is 1.84 bits per heavy atom. The van der Waals surface area contributed by atoms with Crippen molar-refractivity contribution in [1.29, 1.82) is 0 Å². The molecule has 1 N–H and O–H groups in total. The van der Waals surface area contributed by atoms with Gasteiger partial charge in [-0.2, -0.15) is 0 Å². The van der Waals surface area contributed by atoms with Crippen molar-refractivity contribution in [2.24, 2.45) is 28.6 Å². The highest BCUT2D eigenvalue weighted by Gasteiger charge is 2.79. The average molecular weight is 445 g/mol. The minimum atomic E-state index is -1.95. The van der Waals surface area contributed by atoms with Crippen molar-refractivity contribution >= 4 is 17.3 Å². The van der Waals surface area contributed by atoms with Crippen molar-refractivity contribution in [2.75, 3.05) is 0 Å². The summed E-state index contributed by atoms with van der Waals surface area (Å²) in [7, 11) is 0. The van der Waals surface area contributed by atoms with E-state index < -0.39 is 51.3 Å². The fraction of sp³-hybridized carbons (Fsp3) is 0.731. The fourth-order valence-corrected chi connectivity index (χ4v) is 8.61. The van der Waals surface area contributed by atoms with Crippen LogP contribution in [0.3, 0.4) is 0 Å². The van der Waals surface area contributed by atoms with Gasteiger partial charge in [0.15, 0.2) is 17.2 Å². The standard InChI is InChI=1S/C26H33FO5/c1-14(28)21(31)26-16(12-22(2,3)32-26)11-19-18-7-6-15-10-17(29)8-9-23(15,4)25(18,27)20(30)13-24(19,26)5/h8-10,16,18-20,30H,6-7,11-13H2,1-5H3/t16-,18-,19?,20-,23-,24-,25-,26-/m0/s1. The SMILES string of the molecule is CC(=O)C(=O)[C@@]12OC(C)(C)C[C@@H]1CC1[C@@H]3CCC4=CC(=O)C=C[C@]4(C)[C@@]3(F)[C@@H](O)C[C@@]12C. The number of aliphatic hydroxyl groups is 1. The number of allylic oxidation sites excluding steroid dienone is 4. The third kappa shape index (κ3) is 2.33. The van der Waals surface area contributed by atoms with Crippen LogP contribution in [0.2, 0.25) is 0 Å². The molecule has 0 aromatic rings. The lowest BCUT2D eigenvalue weighted by Crippen LogP contribution is -2.69. The zero-order valence-corrected chi connectivity index (χ0v) is 19.5. The molecule has 1 aliphatic heterocycles. The van der Waals surface area contributed by atoms with E-state index in [1.807, 2.05) is 20.8 Å². The molecular weight excluding hydrogens is 411 g/mol. The molecule has 5 nitrogen and oxygen atoms in total. The van der Waals surface area contributed by atoms with Crippen LogP contribution < -0.4 is 0 Å². The van der Waals surface area contributed by atoms with Crippen LogP contribution in [0.5, 0.6) is 0 Å². The minimum Gasteiger partial charge on any atom is -0.390 e. The molecule has 1 unspecified atom stereocenters. The van der Waals surface area contributed by atoms with Crippen molar-refractivity contribution in [3.8, 4) is 0 Å². The maximum absolute atomic E-state index is 17.2. The number of hydrogen-bond donors (Lipinski definition) is 1. The molecule has 0 amide bonds. The van der Waals surface area contributed by atoms with Gasteiger partial charge in [-0.1, -0.05) is 18.6 Å². The van der Waals surface area contributed by atoms with Gasteiger partial charge < -0.3 is 9.84 Å². The van der Waals surface area contributed by atoms with Crippen LogP contribution in [0.15, 0.2) is 23.8 Å². The monoisotopic (exact) mass is 444 g/mol. The maximum atomic E-state index is 17.2. The first-order valence-corrected chi connectivity index (χ1v) is 11.8. The minimum absolute atomic E-state index is 0.0426. The van der Waals surface area contributed by atoms with Gasteiger partial charge >= 0.3 is 0 Å². The summed E-state index contributed by atoms with van der Waals surface area (Å²) in [5.41, 5.74) is -5.03. The number of Topliss-reactive ketones (excluding diaryl/α,β-unsaturated/α-hetero) is 2. The van der Waals surface area contributed by atoms with Crippen LogP contribution in [0.1, 0.15) is 66.7 Å². The van der Waals surface area contributed by atoms with E-state index >= 15 is 4.39 Å². The third-order valence-corrected chi connectivity index (χ3v) is 9.83. The van der Waals surface area contributed by atoms with Crippen LogP contribution in [-0.2, 0) is 19.1 Å². The fourth-order valence-electron chi connectivity index (χ4n) is 8.61. The van der Waals surface area contributed by atoms with Gasteiger partial charge in [0, 0.05) is 23.7 Å². The molecule has 1 saturated heterocycles.